The summed E-state index contributed by atoms with van der Waals surface area (Å²) in [7, 11) is 3.49. The van der Waals surface area contributed by atoms with E-state index in [0.717, 1.165) is 6.42 Å². The molecule has 0 bridgehead atoms. The molecule has 0 aliphatic rings. The zero-order valence-corrected chi connectivity index (χ0v) is 13.6. The van der Waals surface area contributed by atoms with Crippen molar-refractivity contribution in [1.29, 1.82) is 0 Å². The second-order valence-corrected chi connectivity index (χ2v) is 6.78. The zero-order chi connectivity index (χ0) is 14.4. The number of rotatable bonds is 8. The maximum Gasteiger partial charge on any atom is 0.0598 e. The first-order chi connectivity index (χ1) is 8.14. The Kier molecular flexibility index (Phi) is 6.83. The van der Waals surface area contributed by atoms with Crippen LogP contribution in [0.15, 0.2) is 0 Å². The van der Waals surface area contributed by atoms with Crippen molar-refractivity contribution in [3.8, 4) is 0 Å². The maximum atomic E-state index is 6.03. The SMILES string of the molecule is CCC(C)(C)C(COC)(COC)COC(C)(C)C. The van der Waals surface area contributed by atoms with Crippen LogP contribution < -0.4 is 0 Å². The van der Waals surface area contributed by atoms with E-state index in [-0.39, 0.29) is 16.4 Å². The molecule has 0 aliphatic heterocycles. The standard InChI is InChI=1S/C15H32O3/c1-9-14(5,6)15(10-16-7,11-17-8)12-18-13(2,3)4/h9-12H2,1-8H3. The summed E-state index contributed by atoms with van der Waals surface area (Å²) in [5.41, 5.74) is -0.153. The molecule has 0 unspecified atom stereocenters. The molecule has 0 N–H and O–H groups in total. The molecule has 0 rings (SSSR count). The van der Waals surface area contributed by atoms with E-state index in [1.54, 1.807) is 14.2 Å². The summed E-state index contributed by atoms with van der Waals surface area (Å²) in [4.78, 5) is 0. The van der Waals surface area contributed by atoms with Crippen LogP contribution >= 0.6 is 0 Å². The fraction of sp³-hybridized carbons (Fsp3) is 1.00. The minimum atomic E-state index is -0.142. The van der Waals surface area contributed by atoms with E-state index in [1.165, 1.54) is 0 Å². The number of hydrogen-bond acceptors (Lipinski definition) is 3. The average Bonchev–Trinajstić information content (AvgIpc) is 2.25. The van der Waals surface area contributed by atoms with Gasteiger partial charge in [-0.1, -0.05) is 27.2 Å². The third kappa shape index (κ3) is 4.87. The lowest BCUT2D eigenvalue weighted by Gasteiger charge is -2.46. The zero-order valence-electron chi connectivity index (χ0n) is 13.6. The lowest BCUT2D eigenvalue weighted by Crippen LogP contribution is -2.49. The van der Waals surface area contributed by atoms with Crippen LogP contribution in [0.25, 0.3) is 0 Å². The van der Waals surface area contributed by atoms with Crippen LogP contribution in [0.3, 0.4) is 0 Å². The highest BCUT2D eigenvalue weighted by atomic mass is 16.5. The third-order valence-corrected chi connectivity index (χ3v) is 3.94. The van der Waals surface area contributed by atoms with Gasteiger partial charge in [0.15, 0.2) is 0 Å². The summed E-state index contributed by atoms with van der Waals surface area (Å²) in [5.74, 6) is 0. The second kappa shape index (κ2) is 6.88. The molecule has 0 saturated carbocycles. The monoisotopic (exact) mass is 260 g/mol. The Morgan fingerprint density at radius 2 is 1.22 bits per heavy atom. The van der Waals surface area contributed by atoms with Gasteiger partial charge < -0.3 is 14.2 Å². The van der Waals surface area contributed by atoms with E-state index in [2.05, 4.69) is 41.5 Å². The second-order valence-electron chi connectivity index (χ2n) is 6.78. The normalized spacial score (nSPS) is 14.0. The highest BCUT2D eigenvalue weighted by molar-refractivity contribution is 4.93. The number of ether oxygens (including phenoxy) is 3. The van der Waals surface area contributed by atoms with E-state index >= 15 is 0 Å². The van der Waals surface area contributed by atoms with Gasteiger partial charge in [0.25, 0.3) is 0 Å². The summed E-state index contributed by atoms with van der Waals surface area (Å²) >= 11 is 0. The van der Waals surface area contributed by atoms with Crippen LogP contribution in [-0.2, 0) is 14.2 Å². The Morgan fingerprint density at radius 1 is 0.778 bits per heavy atom. The predicted octanol–water partition coefficient (Wildman–Crippen LogP) is 3.52. The summed E-state index contributed by atoms with van der Waals surface area (Å²) in [5, 5.41) is 0. The summed E-state index contributed by atoms with van der Waals surface area (Å²) < 4.78 is 16.9. The molecule has 110 valence electrons. The summed E-state index contributed by atoms with van der Waals surface area (Å²) in [6, 6.07) is 0. The molecule has 3 nitrogen and oxygen atoms in total. The molecular formula is C15H32O3. The molecule has 0 aromatic rings. The van der Waals surface area contributed by atoms with Crippen molar-refractivity contribution in [2.45, 2.75) is 53.6 Å². The maximum absolute atomic E-state index is 6.03. The van der Waals surface area contributed by atoms with Crippen molar-refractivity contribution in [2.75, 3.05) is 34.0 Å². The predicted molar refractivity (Wildman–Crippen MR) is 76.0 cm³/mol. The lowest BCUT2D eigenvalue weighted by atomic mass is 9.65. The fourth-order valence-corrected chi connectivity index (χ4v) is 1.99. The first-order valence-electron chi connectivity index (χ1n) is 6.76. The van der Waals surface area contributed by atoms with Crippen LogP contribution in [0.2, 0.25) is 0 Å². The van der Waals surface area contributed by atoms with Gasteiger partial charge in [0.2, 0.25) is 0 Å². The molecule has 0 heterocycles. The Morgan fingerprint density at radius 3 is 1.50 bits per heavy atom. The van der Waals surface area contributed by atoms with Gasteiger partial charge >= 0.3 is 0 Å². The van der Waals surface area contributed by atoms with E-state index in [9.17, 15) is 0 Å². The molecule has 3 heteroatoms. The Hall–Kier alpha value is -0.120. The van der Waals surface area contributed by atoms with Crippen molar-refractivity contribution in [2.24, 2.45) is 10.8 Å². The molecule has 0 saturated heterocycles. The molecule has 0 aliphatic carbocycles. The van der Waals surface area contributed by atoms with Gasteiger partial charge in [0.05, 0.1) is 25.4 Å². The molecular weight excluding hydrogens is 228 g/mol. The highest BCUT2D eigenvalue weighted by Gasteiger charge is 2.45. The van der Waals surface area contributed by atoms with Crippen molar-refractivity contribution < 1.29 is 14.2 Å². The molecule has 0 amide bonds. The summed E-state index contributed by atoms with van der Waals surface area (Å²) in [6.45, 7) is 14.9. The number of hydrogen-bond donors (Lipinski definition) is 0. The molecule has 0 radical (unpaired) electrons. The molecule has 0 aromatic heterocycles. The summed E-state index contributed by atoms with van der Waals surface area (Å²) in [6.07, 6.45) is 1.06. The smallest absolute Gasteiger partial charge is 0.0598 e. The van der Waals surface area contributed by atoms with Crippen LogP contribution in [0.4, 0.5) is 0 Å². The first-order valence-corrected chi connectivity index (χ1v) is 6.76. The first kappa shape index (κ1) is 17.9. The van der Waals surface area contributed by atoms with Gasteiger partial charge in [-0.2, -0.15) is 0 Å². The van der Waals surface area contributed by atoms with Gasteiger partial charge in [0.1, 0.15) is 0 Å². The third-order valence-electron chi connectivity index (χ3n) is 3.94. The van der Waals surface area contributed by atoms with Crippen molar-refractivity contribution in [3.63, 3.8) is 0 Å². The molecule has 0 atom stereocenters. The van der Waals surface area contributed by atoms with Gasteiger partial charge in [0, 0.05) is 19.6 Å². The Labute approximate surface area is 113 Å². The van der Waals surface area contributed by atoms with Crippen LogP contribution in [-0.4, -0.2) is 39.6 Å². The topological polar surface area (TPSA) is 27.7 Å². The number of methoxy groups -OCH3 is 2. The van der Waals surface area contributed by atoms with Crippen molar-refractivity contribution >= 4 is 0 Å². The lowest BCUT2D eigenvalue weighted by molar-refractivity contribution is -0.144. The highest BCUT2D eigenvalue weighted by Crippen LogP contribution is 2.43. The fourth-order valence-electron chi connectivity index (χ4n) is 1.99. The van der Waals surface area contributed by atoms with Crippen LogP contribution in [0.1, 0.15) is 48.0 Å². The van der Waals surface area contributed by atoms with Gasteiger partial charge in [-0.05, 0) is 26.2 Å². The van der Waals surface area contributed by atoms with Crippen molar-refractivity contribution in [3.05, 3.63) is 0 Å². The molecule has 18 heavy (non-hydrogen) atoms. The van der Waals surface area contributed by atoms with Gasteiger partial charge in [-0.3, -0.25) is 0 Å². The van der Waals surface area contributed by atoms with Crippen molar-refractivity contribution in [1.82, 2.24) is 0 Å². The molecule has 0 spiro atoms. The van der Waals surface area contributed by atoms with E-state index < -0.39 is 0 Å². The van der Waals surface area contributed by atoms with Gasteiger partial charge in [-0.15, -0.1) is 0 Å². The minimum absolute atomic E-state index is 0.101. The minimum Gasteiger partial charge on any atom is -0.384 e. The Balaban J connectivity index is 5.08. The molecule has 0 aromatic carbocycles. The van der Waals surface area contributed by atoms with Crippen LogP contribution in [0.5, 0.6) is 0 Å². The van der Waals surface area contributed by atoms with E-state index in [0.29, 0.717) is 19.8 Å². The van der Waals surface area contributed by atoms with Gasteiger partial charge in [-0.25, -0.2) is 0 Å². The van der Waals surface area contributed by atoms with Crippen LogP contribution in [0, 0.1) is 10.8 Å². The van der Waals surface area contributed by atoms with E-state index in [4.69, 9.17) is 14.2 Å². The largest absolute Gasteiger partial charge is 0.384 e. The quantitative estimate of drug-likeness (QED) is 0.668. The average molecular weight is 260 g/mol. The van der Waals surface area contributed by atoms with E-state index in [1.807, 2.05) is 0 Å². The molecule has 0 fully saturated rings. The Bertz CT molecular complexity index is 222.